The van der Waals surface area contributed by atoms with Gasteiger partial charge in [0, 0.05) is 11.1 Å². The van der Waals surface area contributed by atoms with Crippen molar-refractivity contribution in [2.24, 2.45) is 0 Å². The third kappa shape index (κ3) is 2.19. The van der Waals surface area contributed by atoms with Gasteiger partial charge >= 0.3 is 0 Å². The lowest BCUT2D eigenvalue weighted by molar-refractivity contribution is 0.444. The molecule has 3 rings (SSSR count). The fourth-order valence-electron chi connectivity index (χ4n) is 2.17. The molecule has 1 aromatic carbocycles. The summed E-state index contributed by atoms with van der Waals surface area (Å²) in [5, 5.41) is 17.6. The molecule has 20 heavy (non-hydrogen) atoms. The standard InChI is InChI=1S/C14H14ClN5/c15-9-4-6-11(7-5-9)20-13(17)12(8-16)14(19-20)18-10-2-1-3-10/h4-7,10H,1-3,17H2,(H,18,19). The molecular weight excluding hydrogens is 274 g/mol. The van der Waals surface area contributed by atoms with Crippen LogP contribution in [-0.2, 0) is 0 Å². The van der Waals surface area contributed by atoms with Crippen molar-refractivity contribution in [3.05, 3.63) is 34.9 Å². The molecule has 0 amide bonds. The van der Waals surface area contributed by atoms with Crippen molar-refractivity contribution in [1.29, 1.82) is 5.26 Å². The second-order valence-electron chi connectivity index (χ2n) is 4.88. The van der Waals surface area contributed by atoms with Gasteiger partial charge in [0.25, 0.3) is 0 Å². The first-order valence-electron chi connectivity index (χ1n) is 6.50. The second kappa shape index (κ2) is 5.06. The maximum atomic E-state index is 9.26. The molecule has 1 heterocycles. The highest BCUT2D eigenvalue weighted by atomic mass is 35.5. The highest BCUT2D eigenvalue weighted by Gasteiger charge is 2.22. The van der Waals surface area contributed by atoms with E-state index in [9.17, 15) is 5.26 Å². The molecule has 102 valence electrons. The van der Waals surface area contributed by atoms with Crippen molar-refractivity contribution < 1.29 is 0 Å². The third-order valence-corrected chi connectivity index (χ3v) is 3.80. The van der Waals surface area contributed by atoms with Gasteiger partial charge in [-0.2, -0.15) is 5.26 Å². The Morgan fingerprint density at radius 3 is 2.60 bits per heavy atom. The predicted molar refractivity (Wildman–Crippen MR) is 79.0 cm³/mol. The molecular formula is C14H14ClN5. The van der Waals surface area contributed by atoms with Crippen LogP contribution in [0.3, 0.4) is 0 Å². The number of nitrogen functional groups attached to an aromatic ring is 1. The summed E-state index contributed by atoms with van der Waals surface area (Å²) in [5.74, 6) is 0.904. The van der Waals surface area contributed by atoms with Gasteiger partial charge in [0.2, 0.25) is 0 Å². The highest BCUT2D eigenvalue weighted by molar-refractivity contribution is 6.30. The number of halogens is 1. The quantitative estimate of drug-likeness (QED) is 0.909. The van der Waals surface area contributed by atoms with E-state index < -0.39 is 0 Å². The lowest BCUT2D eigenvalue weighted by Crippen LogP contribution is -2.27. The van der Waals surface area contributed by atoms with E-state index in [-0.39, 0.29) is 0 Å². The van der Waals surface area contributed by atoms with Gasteiger partial charge in [-0.15, -0.1) is 5.10 Å². The summed E-state index contributed by atoms with van der Waals surface area (Å²) < 4.78 is 1.57. The zero-order valence-corrected chi connectivity index (χ0v) is 11.6. The van der Waals surface area contributed by atoms with Crippen LogP contribution in [0.2, 0.25) is 5.02 Å². The van der Waals surface area contributed by atoms with Crippen LogP contribution in [0.25, 0.3) is 5.69 Å². The summed E-state index contributed by atoms with van der Waals surface area (Å²) in [7, 11) is 0. The first-order valence-corrected chi connectivity index (χ1v) is 6.88. The summed E-state index contributed by atoms with van der Waals surface area (Å²) in [6, 6.07) is 9.69. The maximum absolute atomic E-state index is 9.26. The topological polar surface area (TPSA) is 79.7 Å². The molecule has 1 aromatic heterocycles. The molecule has 1 aliphatic carbocycles. The molecule has 0 aliphatic heterocycles. The Morgan fingerprint density at radius 1 is 1.35 bits per heavy atom. The molecule has 0 atom stereocenters. The molecule has 1 aliphatic rings. The summed E-state index contributed by atoms with van der Waals surface area (Å²) in [6.45, 7) is 0. The molecule has 2 aromatic rings. The van der Waals surface area contributed by atoms with E-state index in [2.05, 4.69) is 16.5 Å². The van der Waals surface area contributed by atoms with E-state index >= 15 is 0 Å². The Hall–Kier alpha value is -2.19. The van der Waals surface area contributed by atoms with E-state index in [1.54, 1.807) is 16.8 Å². The number of nitrogens with one attached hydrogen (secondary N) is 1. The molecule has 6 heteroatoms. The molecule has 1 saturated carbocycles. The zero-order chi connectivity index (χ0) is 14.1. The van der Waals surface area contributed by atoms with Crippen LogP contribution < -0.4 is 11.1 Å². The van der Waals surface area contributed by atoms with E-state index in [0.29, 0.717) is 28.3 Å². The number of nitrogens with two attached hydrogens (primary N) is 1. The fraction of sp³-hybridized carbons (Fsp3) is 0.286. The number of anilines is 2. The Balaban J connectivity index is 1.99. The SMILES string of the molecule is N#Cc1c(NC2CCC2)nn(-c2ccc(Cl)cc2)c1N. The Bertz CT molecular complexity index is 664. The van der Waals surface area contributed by atoms with Crippen molar-refractivity contribution in [1.82, 2.24) is 9.78 Å². The van der Waals surface area contributed by atoms with Gasteiger partial charge in [-0.1, -0.05) is 11.6 Å². The predicted octanol–water partition coefficient (Wildman–Crippen LogP) is 2.94. The van der Waals surface area contributed by atoms with E-state index in [4.69, 9.17) is 17.3 Å². The number of nitriles is 1. The normalized spacial score (nSPS) is 14.6. The average molecular weight is 288 g/mol. The van der Waals surface area contributed by atoms with Crippen LogP contribution in [0.4, 0.5) is 11.6 Å². The van der Waals surface area contributed by atoms with Crippen LogP contribution in [-0.4, -0.2) is 15.8 Å². The van der Waals surface area contributed by atoms with Crippen molar-refractivity contribution in [3.63, 3.8) is 0 Å². The van der Waals surface area contributed by atoms with Gasteiger partial charge in [0.1, 0.15) is 17.5 Å². The number of rotatable bonds is 3. The summed E-state index contributed by atoms with van der Waals surface area (Å²) in [4.78, 5) is 0. The van der Waals surface area contributed by atoms with Gasteiger partial charge in [-0.25, -0.2) is 4.68 Å². The molecule has 0 radical (unpaired) electrons. The largest absolute Gasteiger partial charge is 0.382 e. The number of aromatic nitrogens is 2. The fourth-order valence-corrected chi connectivity index (χ4v) is 2.29. The van der Waals surface area contributed by atoms with E-state index in [0.717, 1.165) is 18.5 Å². The highest BCUT2D eigenvalue weighted by Crippen LogP contribution is 2.28. The minimum Gasteiger partial charge on any atom is -0.382 e. The van der Waals surface area contributed by atoms with Crippen molar-refractivity contribution in [2.45, 2.75) is 25.3 Å². The van der Waals surface area contributed by atoms with Crippen LogP contribution >= 0.6 is 11.6 Å². The van der Waals surface area contributed by atoms with Gasteiger partial charge in [-0.3, -0.25) is 0 Å². The summed E-state index contributed by atoms with van der Waals surface area (Å²) >= 11 is 5.87. The lowest BCUT2D eigenvalue weighted by Gasteiger charge is -2.26. The number of hydrogen-bond acceptors (Lipinski definition) is 4. The summed E-state index contributed by atoms with van der Waals surface area (Å²) in [6.07, 6.45) is 3.43. The van der Waals surface area contributed by atoms with Crippen LogP contribution in [0.1, 0.15) is 24.8 Å². The molecule has 0 unspecified atom stereocenters. The van der Waals surface area contributed by atoms with E-state index in [1.165, 1.54) is 6.42 Å². The van der Waals surface area contributed by atoms with Crippen LogP contribution in [0.5, 0.6) is 0 Å². The minimum atomic E-state index is 0.344. The van der Waals surface area contributed by atoms with E-state index in [1.807, 2.05) is 12.1 Å². The minimum absolute atomic E-state index is 0.344. The zero-order valence-electron chi connectivity index (χ0n) is 10.8. The molecule has 0 saturated heterocycles. The van der Waals surface area contributed by atoms with Gasteiger partial charge < -0.3 is 11.1 Å². The number of nitrogens with zero attached hydrogens (tertiary/aromatic N) is 3. The van der Waals surface area contributed by atoms with Crippen molar-refractivity contribution in [3.8, 4) is 11.8 Å². The second-order valence-corrected chi connectivity index (χ2v) is 5.32. The summed E-state index contributed by atoms with van der Waals surface area (Å²) in [5.41, 5.74) is 7.20. The number of benzene rings is 1. The molecule has 3 N–H and O–H groups in total. The van der Waals surface area contributed by atoms with Crippen molar-refractivity contribution in [2.75, 3.05) is 11.1 Å². The maximum Gasteiger partial charge on any atom is 0.168 e. The third-order valence-electron chi connectivity index (χ3n) is 3.55. The molecule has 0 bridgehead atoms. The van der Waals surface area contributed by atoms with Crippen molar-refractivity contribution >= 4 is 23.2 Å². The molecule has 5 nitrogen and oxygen atoms in total. The van der Waals surface area contributed by atoms with Crippen LogP contribution in [0, 0.1) is 11.3 Å². The monoisotopic (exact) mass is 287 g/mol. The first kappa shape index (κ1) is 12.8. The smallest absolute Gasteiger partial charge is 0.168 e. The van der Waals surface area contributed by atoms with Gasteiger partial charge in [-0.05, 0) is 43.5 Å². The van der Waals surface area contributed by atoms with Gasteiger partial charge in [0.15, 0.2) is 5.82 Å². The lowest BCUT2D eigenvalue weighted by atomic mass is 9.93. The van der Waals surface area contributed by atoms with Gasteiger partial charge in [0.05, 0.1) is 5.69 Å². The first-order chi connectivity index (χ1) is 9.69. The number of hydrogen-bond donors (Lipinski definition) is 2. The Labute approximate surface area is 122 Å². The average Bonchev–Trinajstić information content (AvgIpc) is 2.71. The Morgan fingerprint density at radius 2 is 2.05 bits per heavy atom. The Kier molecular flexibility index (Phi) is 3.25. The van der Waals surface area contributed by atoms with Crippen LogP contribution in [0.15, 0.2) is 24.3 Å². The molecule has 0 spiro atoms. The molecule has 1 fully saturated rings.